The molecule has 1 N–H and O–H groups in total. The monoisotopic (exact) mass is 256 g/mol. The van der Waals surface area contributed by atoms with Gasteiger partial charge in [0.2, 0.25) is 0 Å². The van der Waals surface area contributed by atoms with Gasteiger partial charge >= 0.3 is 0 Å². The third-order valence-corrected chi connectivity index (χ3v) is 4.13. The van der Waals surface area contributed by atoms with Crippen molar-refractivity contribution in [1.82, 2.24) is 10.2 Å². The molecule has 1 fully saturated rings. The van der Waals surface area contributed by atoms with Crippen LogP contribution in [0.25, 0.3) is 0 Å². The van der Waals surface area contributed by atoms with Gasteiger partial charge in [0, 0.05) is 32.3 Å². The van der Waals surface area contributed by atoms with E-state index < -0.39 is 0 Å². The molecule has 0 spiro atoms. The van der Waals surface area contributed by atoms with Gasteiger partial charge in [-0.05, 0) is 38.1 Å². The average Bonchev–Trinajstić information content (AvgIpc) is 3.20. The van der Waals surface area contributed by atoms with Crippen LogP contribution in [-0.2, 0) is 4.74 Å². The number of hydrogen-bond donors (Lipinski definition) is 1. The minimum atomic E-state index is 0.687. The van der Waals surface area contributed by atoms with Crippen LogP contribution in [0.15, 0.2) is 0 Å². The lowest BCUT2D eigenvalue weighted by Crippen LogP contribution is -2.47. The normalized spacial score (nSPS) is 17.7. The molecule has 18 heavy (non-hydrogen) atoms. The maximum Gasteiger partial charge on any atom is 0.0589 e. The molecular weight excluding hydrogens is 224 g/mol. The van der Waals surface area contributed by atoms with Crippen molar-refractivity contribution < 1.29 is 4.74 Å². The number of nitrogens with zero attached hydrogens (tertiary/aromatic N) is 1. The largest absolute Gasteiger partial charge is 0.383 e. The number of hydrogen-bond acceptors (Lipinski definition) is 3. The van der Waals surface area contributed by atoms with Gasteiger partial charge in [-0.15, -0.1) is 0 Å². The second-order valence-corrected chi connectivity index (χ2v) is 5.46. The van der Waals surface area contributed by atoms with E-state index in [1.54, 1.807) is 7.11 Å². The van der Waals surface area contributed by atoms with E-state index in [4.69, 9.17) is 4.74 Å². The molecule has 0 heterocycles. The van der Waals surface area contributed by atoms with Crippen molar-refractivity contribution in [2.75, 3.05) is 33.4 Å². The number of methoxy groups -OCH3 is 1. The van der Waals surface area contributed by atoms with Crippen LogP contribution < -0.4 is 5.32 Å². The molecule has 0 bridgehead atoms. The maximum absolute atomic E-state index is 5.27. The predicted octanol–water partition coefficient (Wildman–Crippen LogP) is 2.51. The molecule has 1 unspecified atom stereocenters. The van der Waals surface area contributed by atoms with Gasteiger partial charge in [0.15, 0.2) is 0 Å². The standard InChI is InChI=1S/C15H32N2O/c1-5-14(6-2)17(10-11-18-4)12-15(16-7-3)13-8-9-13/h13-16H,5-12H2,1-4H3. The van der Waals surface area contributed by atoms with Gasteiger partial charge in [0.25, 0.3) is 0 Å². The molecule has 3 heteroatoms. The number of ether oxygens (including phenoxy) is 1. The van der Waals surface area contributed by atoms with Crippen molar-refractivity contribution in [2.24, 2.45) is 5.92 Å². The lowest BCUT2D eigenvalue weighted by Gasteiger charge is -2.34. The topological polar surface area (TPSA) is 24.5 Å². The quantitative estimate of drug-likeness (QED) is 0.615. The molecule has 0 aromatic carbocycles. The minimum Gasteiger partial charge on any atom is -0.383 e. The van der Waals surface area contributed by atoms with Gasteiger partial charge in [-0.1, -0.05) is 20.8 Å². The molecule has 1 saturated carbocycles. The molecule has 1 aliphatic rings. The summed E-state index contributed by atoms with van der Waals surface area (Å²) in [7, 11) is 1.80. The fourth-order valence-electron chi connectivity index (χ4n) is 2.83. The number of nitrogens with one attached hydrogen (secondary N) is 1. The molecular formula is C15H32N2O. The SMILES string of the molecule is CCNC(CN(CCOC)C(CC)CC)C1CC1. The average molecular weight is 256 g/mol. The summed E-state index contributed by atoms with van der Waals surface area (Å²) in [4.78, 5) is 2.63. The molecule has 0 radical (unpaired) electrons. The molecule has 1 aliphatic carbocycles. The maximum atomic E-state index is 5.27. The van der Waals surface area contributed by atoms with Crippen LogP contribution in [-0.4, -0.2) is 50.3 Å². The van der Waals surface area contributed by atoms with Crippen molar-refractivity contribution in [2.45, 2.75) is 58.5 Å². The fraction of sp³-hybridized carbons (Fsp3) is 1.00. The van der Waals surface area contributed by atoms with E-state index in [0.717, 1.165) is 25.6 Å². The van der Waals surface area contributed by atoms with Crippen molar-refractivity contribution >= 4 is 0 Å². The zero-order valence-corrected chi connectivity index (χ0v) is 12.7. The molecule has 0 saturated heterocycles. The van der Waals surface area contributed by atoms with Crippen LogP contribution in [0.3, 0.4) is 0 Å². The van der Waals surface area contributed by atoms with Gasteiger partial charge in [-0.25, -0.2) is 0 Å². The Morgan fingerprint density at radius 1 is 1.22 bits per heavy atom. The first-order chi connectivity index (χ1) is 8.76. The lowest BCUT2D eigenvalue weighted by atomic mass is 10.1. The van der Waals surface area contributed by atoms with E-state index in [1.807, 2.05) is 0 Å². The number of likely N-dealkylation sites (N-methyl/N-ethyl adjacent to an activating group) is 1. The Labute approximate surface area is 113 Å². The Hall–Kier alpha value is -0.120. The Bertz CT molecular complexity index is 203. The van der Waals surface area contributed by atoms with Crippen LogP contribution >= 0.6 is 0 Å². The molecule has 3 nitrogen and oxygen atoms in total. The molecule has 0 amide bonds. The zero-order chi connectivity index (χ0) is 13.4. The highest BCUT2D eigenvalue weighted by Gasteiger charge is 2.32. The number of rotatable bonds is 11. The highest BCUT2D eigenvalue weighted by Crippen LogP contribution is 2.33. The first kappa shape index (κ1) is 15.9. The van der Waals surface area contributed by atoms with E-state index in [9.17, 15) is 0 Å². The molecule has 1 rings (SSSR count). The summed E-state index contributed by atoms with van der Waals surface area (Å²) in [5.41, 5.74) is 0. The van der Waals surface area contributed by atoms with E-state index in [2.05, 4.69) is 31.0 Å². The molecule has 0 aliphatic heterocycles. The minimum absolute atomic E-state index is 0.687. The third-order valence-electron chi connectivity index (χ3n) is 4.13. The summed E-state index contributed by atoms with van der Waals surface area (Å²) in [5.74, 6) is 0.921. The zero-order valence-electron chi connectivity index (χ0n) is 12.7. The van der Waals surface area contributed by atoms with E-state index in [-0.39, 0.29) is 0 Å². The summed E-state index contributed by atoms with van der Waals surface area (Å²) < 4.78 is 5.27. The Morgan fingerprint density at radius 2 is 1.89 bits per heavy atom. The molecule has 108 valence electrons. The smallest absolute Gasteiger partial charge is 0.0589 e. The van der Waals surface area contributed by atoms with Gasteiger partial charge in [0.1, 0.15) is 0 Å². The molecule has 0 aromatic heterocycles. The van der Waals surface area contributed by atoms with Gasteiger partial charge in [-0.3, -0.25) is 4.90 Å². The highest BCUT2D eigenvalue weighted by atomic mass is 16.5. The summed E-state index contributed by atoms with van der Waals surface area (Å²) in [6.07, 6.45) is 5.31. The summed E-state index contributed by atoms with van der Waals surface area (Å²) in [6.45, 7) is 11.0. The van der Waals surface area contributed by atoms with Crippen molar-refractivity contribution in [3.05, 3.63) is 0 Å². The van der Waals surface area contributed by atoms with Crippen LogP contribution in [0.2, 0.25) is 0 Å². The van der Waals surface area contributed by atoms with Crippen LogP contribution in [0.4, 0.5) is 0 Å². The Kier molecular flexibility index (Phi) is 7.87. The van der Waals surface area contributed by atoms with Crippen molar-refractivity contribution in [1.29, 1.82) is 0 Å². The predicted molar refractivity (Wildman–Crippen MR) is 78.0 cm³/mol. The van der Waals surface area contributed by atoms with Crippen molar-refractivity contribution in [3.63, 3.8) is 0 Å². The summed E-state index contributed by atoms with van der Waals surface area (Å²) in [5, 5.41) is 3.67. The second-order valence-electron chi connectivity index (χ2n) is 5.46. The summed E-state index contributed by atoms with van der Waals surface area (Å²) >= 11 is 0. The summed E-state index contributed by atoms with van der Waals surface area (Å²) in [6, 6.07) is 1.40. The van der Waals surface area contributed by atoms with Gasteiger partial charge in [0.05, 0.1) is 6.61 Å². The third kappa shape index (κ3) is 5.25. The first-order valence-corrected chi connectivity index (χ1v) is 7.73. The van der Waals surface area contributed by atoms with Crippen LogP contribution in [0, 0.1) is 5.92 Å². The Balaban J connectivity index is 2.50. The fourth-order valence-corrected chi connectivity index (χ4v) is 2.83. The van der Waals surface area contributed by atoms with E-state index >= 15 is 0 Å². The first-order valence-electron chi connectivity index (χ1n) is 7.73. The lowest BCUT2D eigenvalue weighted by molar-refractivity contribution is 0.104. The van der Waals surface area contributed by atoms with E-state index in [1.165, 1.54) is 32.2 Å². The van der Waals surface area contributed by atoms with E-state index in [0.29, 0.717) is 12.1 Å². The Morgan fingerprint density at radius 3 is 2.33 bits per heavy atom. The second kappa shape index (κ2) is 8.89. The molecule has 1 atom stereocenters. The van der Waals surface area contributed by atoms with Crippen LogP contribution in [0.1, 0.15) is 46.5 Å². The van der Waals surface area contributed by atoms with Crippen LogP contribution in [0.5, 0.6) is 0 Å². The highest BCUT2D eigenvalue weighted by molar-refractivity contribution is 4.89. The van der Waals surface area contributed by atoms with Gasteiger partial charge in [-0.2, -0.15) is 0 Å². The molecule has 0 aromatic rings. The van der Waals surface area contributed by atoms with Crippen molar-refractivity contribution in [3.8, 4) is 0 Å². The van der Waals surface area contributed by atoms with Gasteiger partial charge < -0.3 is 10.1 Å².